The lowest BCUT2D eigenvalue weighted by atomic mass is 10.1. The van der Waals surface area contributed by atoms with Crippen LogP contribution in [0.3, 0.4) is 0 Å². The molecule has 2 fully saturated rings. The maximum absolute atomic E-state index is 11.5. The highest BCUT2D eigenvalue weighted by atomic mass is 127. The summed E-state index contributed by atoms with van der Waals surface area (Å²) in [6, 6.07) is 0.559. The zero-order valence-corrected chi connectivity index (χ0v) is 12.6. The molecule has 0 aromatic rings. The molecule has 3 nitrogen and oxygen atoms in total. The summed E-state index contributed by atoms with van der Waals surface area (Å²) in [6.07, 6.45) is 2.73. The van der Waals surface area contributed by atoms with Crippen molar-refractivity contribution in [3.05, 3.63) is 0 Å². The maximum Gasteiger partial charge on any atom is 0.130 e. The predicted molar refractivity (Wildman–Crippen MR) is 57.3 cm³/mol. The lowest BCUT2D eigenvalue weighted by molar-refractivity contribution is -0.905. The third-order valence-corrected chi connectivity index (χ3v) is 5.14. The second kappa shape index (κ2) is 4.98. The summed E-state index contributed by atoms with van der Waals surface area (Å²) in [5.41, 5.74) is -0.0550. The molecule has 2 aliphatic heterocycles. The largest absolute Gasteiger partial charge is 1.00 e. The zero-order valence-electron chi connectivity index (χ0n) is 9.61. The van der Waals surface area contributed by atoms with Crippen LogP contribution in [0.25, 0.3) is 0 Å². The van der Waals surface area contributed by atoms with E-state index in [1.165, 1.54) is 19.4 Å². The summed E-state index contributed by atoms with van der Waals surface area (Å²) in [5, 5.41) is 0. The normalized spacial score (nSPS) is 43.9. The molecule has 2 aliphatic rings. The number of nitrogens with zero attached hydrogens (tertiary/aromatic N) is 1. The topological polar surface area (TPSA) is 26.3 Å². The van der Waals surface area contributed by atoms with E-state index in [0.717, 1.165) is 10.2 Å². The van der Waals surface area contributed by atoms with Crippen molar-refractivity contribution in [2.45, 2.75) is 37.3 Å². The van der Waals surface area contributed by atoms with Crippen molar-refractivity contribution in [1.29, 1.82) is 0 Å². The van der Waals surface area contributed by atoms with E-state index in [1.54, 1.807) is 0 Å². The summed E-state index contributed by atoms with van der Waals surface area (Å²) in [7, 11) is 3.75. The SMILES string of the molecule is C[C@H]1O[C@@H]([C@@H]2CCC[N+]2(C)C)C[S@]1=O.[I-]. The van der Waals surface area contributed by atoms with Crippen molar-refractivity contribution in [3.8, 4) is 0 Å². The van der Waals surface area contributed by atoms with Gasteiger partial charge in [-0.1, -0.05) is 0 Å². The molecule has 2 saturated heterocycles. The number of hydrogen-bond acceptors (Lipinski definition) is 2. The van der Waals surface area contributed by atoms with E-state index in [2.05, 4.69) is 14.1 Å². The minimum atomic E-state index is -0.759. The van der Waals surface area contributed by atoms with Crippen LogP contribution in [0.5, 0.6) is 0 Å². The van der Waals surface area contributed by atoms with Gasteiger partial charge in [0.2, 0.25) is 0 Å². The van der Waals surface area contributed by atoms with Crippen LogP contribution in [0.1, 0.15) is 19.8 Å². The summed E-state index contributed by atoms with van der Waals surface area (Å²) in [4.78, 5) is 0. The Labute approximate surface area is 112 Å². The molecule has 0 amide bonds. The van der Waals surface area contributed by atoms with E-state index in [1.807, 2.05) is 6.92 Å². The quantitative estimate of drug-likeness (QED) is 0.396. The Balaban J connectivity index is 0.00000112. The summed E-state index contributed by atoms with van der Waals surface area (Å²) in [5.74, 6) is 0.744. The average Bonchev–Trinajstić information content (AvgIpc) is 2.56. The van der Waals surface area contributed by atoms with Gasteiger partial charge in [0, 0.05) is 12.8 Å². The van der Waals surface area contributed by atoms with Crippen molar-refractivity contribution in [3.63, 3.8) is 0 Å². The second-order valence-electron chi connectivity index (χ2n) is 5.00. The van der Waals surface area contributed by atoms with Gasteiger partial charge in [-0.2, -0.15) is 0 Å². The van der Waals surface area contributed by atoms with E-state index in [0.29, 0.717) is 6.04 Å². The van der Waals surface area contributed by atoms with Crippen LogP contribution in [-0.2, 0) is 15.5 Å². The number of rotatable bonds is 1. The minimum absolute atomic E-state index is 0. The minimum Gasteiger partial charge on any atom is -1.00 e. The molecule has 90 valence electrons. The van der Waals surface area contributed by atoms with Gasteiger partial charge in [-0.05, 0) is 6.92 Å². The molecule has 2 rings (SSSR count). The zero-order chi connectivity index (χ0) is 10.3. The van der Waals surface area contributed by atoms with Crippen molar-refractivity contribution < 1.29 is 37.4 Å². The van der Waals surface area contributed by atoms with Gasteiger partial charge in [0.1, 0.15) is 17.6 Å². The van der Waals surface area contributed by atoms with Crippen LogP contribution >= 0.6 is 0 Å². The first-order chi connectivity index (χ1) is 6.50. The Morgan fingerprint density at radius 1 is 1.40 bits per heavy atom. The third kappa shape index (κ3) is 2.73. The molecular formula is C10H20INO2S. The summed E-state index contributed by atoms with van der Waals surface area (Å²) < 4.78 is 18.3. The van der Waals surface area contributed by atoms with E-state index < -0.39 is 10.8 Å². The van der Waals surface area contributed by atoms with E-state index in [4.69, 9.17) is 4.74 Å². The second-order valence-corrected chi connectivity index (χ2v) is 6.76. The molecule has 15 heavy (non-hydrogen) atoms. The summed E-state index contributed by atoms with van der Waals surface area (Å²) in [6.45, 7) is 3.15. The van der Waals surface area contributed by atoms with Crippen molar-refractivity contribution in [1.82, 2.24) is 0 Å². The molecule has 5 heteroatoms. The molecule has 0 radical (unpaired) electrons. The molecule has 0 aromatic heterocycles. The highest BCUT2D eigenvalue weighted by molar-refractivity contribution is 7.85. The first-order valence-electron chi connectivity index (χ1n) is 5.36. The van der Waals surface area contributed by atoms with Gasteiger partial charge in [0.25, 0.3) is 0 Å². The van der Waals surface area contributed by atoms with E-state index in [-0.39, 0.29) is 35.5 Å². The highest BCUT2D eigenvalue weighted by Crippen LogP contribution is 2.30. The smallest absolute Gasteiger partial charge is 0.130 e. The Hall–Kier alpha value is 0.800. The van der Waals surface area contributed by atoms with E-state index in [9.17, 15) is 4.21 Å². The van der Waals surface area contributed by atoms with E-state index >= 15 is 0 Å². The van der Waals surface area contributed by atoms with Gasteiger partial charge in [-0.3, -0.25) is 4.21 Å². The third-order valence-electron chi connectivity index (χ3n) is 3.63. The van der Waals surface area contributed by atoms with Crippen LogP contribution in [-0.4, -0.2) is 52.7 Å². The molecular weight excluding hydrogens is 325 g/mol. The fourth-order valence-corrected chi connectivity index (χ4v) is 3.87. The van der Waals surface area contributed by atoms with Gasteiger partial charge in [0.15, 0.2) is 0 Å². The standard InChI is InChI=1S/C10H20NO2S.HI/c1-8-13-10(7-14(8)12)9-5-4-6-11(9,2)3;/h8-10H,4-7H2,1-3H3;1H/q+1;/p-1/t8-,9-,10+,14+;/m0./s1. The fraction of sp³-hybridized carbons (Fsp3) is 1.00. The Kier molecular flexibility index (Phi) is 4.60. The molecule has 0 saturated carbocycles. The van der Waals surface area contributed by atoms with Gasteiger partial charge in [-0.15, -0.1) is 0 Å². The first-order valence-corrected chi connectivity index (χ1v) is 6.74. The van der Waals surface area contributed by atoms with Crippen molar-refractivity contribution in [2.75, 3.05) is 26.4 Å². The molecule has 0 aliphatic carbocycles. The fourth-order valence-electron chi connectivity index (χ4n) is 2.71. The highest BCUT2D eigenvalue weighted by Gasteiger charge is 2.45. The number of likely N-dealkylation sites (N-methyl/N-ethyl adjacent to an activating group) is 1. The first kappa shape index (κ1) is 13.9. The van der Waals surface area contributed by atoms with Crippen LogP contribution in [0.4, 0.5) is 0 Å². The monoisotopic (exact) mass is 345 g/mol. The molecule has 2 heterocycles. The Bertz CT molecular complexity index is 260. The predicted octanol–water partition coefficient (Wildman–Crippen LogP) is -2.28. The van der Waals surface area contributed by atoms with Gasteiger partial charge < -0.3 is 33.2 Å². The number of halogens is 1. The Morgan fingerprint density at radius 2 is 2.07 bits per heavy atom. The van der Waals surface area contributed by atoms with Crippen molar-refractivity contribution in [2.24, 2.45) is 0 Å². The van der Waals surface area contributed by atoms with Gasteiger partial charge >= 0.3 is 0 Å². The molecule has 4 atom stereocenters. The molecule has 0 unspecified atom stereocenters. The molecule has 0 spiro atoms. The number of hydrogen-bond donors (Lipinski definition) is 0. The molecule has 0 bridgehead atoms. The molecule has 0 aromatic carbocycles. The molecule has 0 N–H and O–H groups in total. The number of likely N-dealkylation sites (tertiary alicyclic amines) is 1. The average molecular weight is 345 g/mol. The Morgan fingerprint density at radius 3 is 2.47 bits per heavy atom. The van der Waals surface area contributed by atoms with Crippen LogP contribution in [0.15, 0.2) is 0 Å². The summed E-state index contributed by atoms with van der Waals surface area (Å²) >= 11 is 0. The number of quaternary nitrogens is 1. The van der Waals surface area contributed by atoms with Crippen LogP contribution in [0.2, 0.25) is 0 Å². The number of ether oxygens (including phenoxy) is 1. The lowest BCUT2D eigenvalue weighted by Gasteiger charge is -2.34. The van der Waals surface area contributed by atoms with Crippen LogP contribution in [0, 0.1) is 0 Å². The maximum atomic E-state index is 11.5. The van der Waals surface area contributed by atoms with Gasteiger partial charge in [-0.25, -0.2) is 0 Å². The van der Waals surface area contributed by atoms with Crippen molar-refractivity contribution >= 4 is 10.8 Å². The van der Waals surface area contributed by atoms with Crippen LogP contribution < -0.4 is 24.0 Å². The lowest BCUT2D eigenvalue weighted by Crippen LogP contribution is -3.00. The van der Waals surface area contributed by atoms with Gasteiger partial charge in [0.05, 0.1) is 37.2 Å².